The first-order valence-corrected chi connectivity index (χ1v) is 7.75. The number of aryl methyl sites for hydroxylation is 1. The molecule has 1 heterocycles. The zero-order chi connectivity index (χ0) is 15.8. The van der Waals surface area contributed by atoms with Crippen molar-refractivity contribution in [3.8, 4) is 0 Å². The number of benzene rings is 1. The molecule has 2 rings (SSSR count). The van der Waals surface area contributed by atoms with Crippen molar-refractivity contribution in [2.45, 2.75) is 19.3 Å². The van der Waals surface area contributed by atoms with Crippen molar-refractivity contribution in [1.82, 2.24) is 0 Å². The molecule has 0 aliphatic rings. The van der Waals surface area contributed by atoms with Crippen LogP contribution in [0.25, 0.3) is 0 Å². The predicted octanol–water partition coefficient (Wildman–Crippen LogP) is 3.39. The van der Waals surface area contributed by atoms with E-state index in [4.69, 9.17) is 4.74 Å². The van der Waals surface area contributed by atoms with Gasteiger partial charge in [0.15, 0.2) is 6.61 Å². The molecule has 0 aliphatic carbocycles. The Kier molecular flexibility index (Phi) is 6.09. The molecule has 6 heteroatoms. The second kappa shape index (κ2) is 8.29. The number of nitrogens with one attached hydrogen (secondary N) is 1. The summed E-state index contributed by atoms with van der Waals surface area (Å²) >= 11 is 1.65. The highest BCUT2D eigenvalue weighted by Gasteiger charge is 2.08. The van der Waals surface area contributed by atoms with E-state index >= 15 is 0 Å². The molecule has 1 N–H and O–H groups in total. The summed E-state index contributed by atoms with van der Waals surface area (Å²) in [7, 11) is 0. The van der Waals surface area contributed by atoms with Gasteiger partial charge in [-0.2, -0.15) is 0 Å². The van der Waals surface area contributed by atoms with Crippen molar-refractivity contribution in [2.75, 3.05) is 11.9 Å². The normalized spacial score (nSPS) is 10.2. The van der Waals surface area contributed by atoms with Crippen LogP contribution in [0.15, 0.2) is 41.8 Å². The minimum Gasteiger partial charge on any atom is -0.456 e. The Morgan fingerprint density at radius 3 is 2.64 bits per heavy atom. The SMILES string of the molecule is O=C(COC(=O)CCCc1cccs1)Nc1ccc(F)cc1. The highest BCUT2D eigenvalue weighted by atomic mass is 32.1. The number of carbonyl (C=O) groups is 2. The average molecular weight is 321 g/mol. The highest BCUT2D eigenvalue weighted by molar-refractivity contribution is 7.09. The number of ether oxygens (including phenoxy) is 1. The number of thiophene rings is 1. The van der Waals surface area contributed by atoms with Gasteiger partial charge in [-0.1, -0.05) is 6.07 Å². The Bertz CT molecular complexity index is 611. The lowest BCUT2D eigenvalue weighted by molar-refractivity contribution is -0.147. The Morgan fingerprint density at radius 1 is 1.18 bits per heavy atom. The van der Waals surface area contributed by atoms with Crippen LogP contribution in [0.5, 0.6) is 0 Å². The van der Waals surface area contributed by atoms with Gasteiger partial charge in [-0.05, 0) is 48.6 Å². The molecule has 22 heavy (non-hydrogen) atoms. The van der Waals surface area contributed by atoms with Crippen LogP contribution in [-0.2, 0) is 20.7 Å². The van der Waals surface area contributed by atoms with Gasteiger partial charge in [0.1, 0.15) is 5.82 Å². The standard InChI is InChI=1S/C16H16FNO3S/c17-12-6-8-13(9-7-12)18-15(19)11-21-16(20)5-1-3-14-4-2-10-22-14/h2,4,6-10H,1,3,5,11H2,(H,18,19). The Balaban J connectivity index is 1.63. The molecule has 0 atom stereocenters. The minimum absolute atomic E-state index is 0.279. The number of amides is 1. The fourth-order valence-electron chi connectivity index (χ4n) is 1.81. The second-order valence-electron chi connectivity index (χ2n) is 4.65. The lowest BCUT2D eigenvalue weighted by atomic mass is 10.2. The number of rotatable bonds is 7. The fraction of sp³-hybridized carbons (Fsp3) is 0.250. The summed E-state index contributed by atoms with van der Waals surface area (Å²) in [4.78, 5) is 24.3. The quantitative estimate of drug-likeness (QED) is 0.795. The number of halogens is 1. The van der Waals surface area contributed by atoms with Gasteiger partial charge in [0, 0.05) is 17.0 Å². The third-order valence-corrected chi connectivity index (χ3v) is 3.81. The lowest BCUT2D eigenvalue weighted by Gasteiger charge is -2.06. The molecule has 0 saturated carbocycles. The molecule has 1 aromatic heterocycles. The van der Waals surface area contributed by atoms with Gasteiger partial charge in [-0.25, -0.2) is 4.39 Å². The van der Waals surface area contributed by atoms with E-state index < -0.39 is 11.9 Å². The molecule has 0 aliphatic heterocycles. The maximum absolute atomic E-state index is 12.7. The molecule has 1 amide bonds. The smallest absolute Gasteiger partial charge is 0.306 e. The molecular weight excluding hydrogens is 305 g/mol. The van der Waals surface area contributed by atoms with E-state index in [9.17, 15) is 14.0 Å². The van der Waals surface area contributed by atoms with Crippen LogP contribution < -0.4 is 5.32 Å². The first kappa shape index (κ1) is 16.2. The summed E-state index contributed by atoms with van der Waals surface area (Å²) in [6.45, 7) is -0.338. The van der Waals surface area contributed by atoms with Crippen LogP contribution in [0.4, 0.5) is 10.1 Å². The maximum Gasteiger partial charge on any atom is 0.306 e. The molecular formula is C16H16FNO3S. The van der Waals surface area contributed by atoms with E-state index in [1.165, 1.54) is 29.1 Å². The van der Waals surface area contributed by atoms with Crippen LogP contribution in [0.1, 0.15) is 17.7 Å². The van der Waals surface area contributed by atoms with Crippen LogP contribution in [0.3, 0.4) is 0 Å². The van der Waals surface area contributed by atoms with Crippen LogP contribution >= 0.6 is 11.3 Å². The van der Waals surface area contributed by atoms with Gasteiger partial charge >= 0.3 is 5.97 Å². The van der Waals surface area contributed by atoms with Crippen molar-refractivity contribution >= 4 is 28.9 Å². The van der Waals surface area contributed by atoms with Crippen molar-refractivity contribution in [3.63, 3.8) is 0 Å². The van der Waals surface area contributed by atoms with Gasteiger partial charge in [-0.15, -0.1) is 11.3 Å². The largest absolute Gasteiger partial charge is 0.456 e. The molecule has 0 spiro atoms. The number of anilines is 1. The zero-order valence-electron chi connectivity index (χ0n) is 11.9. The number of esters is 1. The summed E-state index contributed by atoms with van der Waals surface area (Å²) in [6, 6.07) is 9.36. The summed E-state index contributed by atoms with van der Waals surface area (Å²) in [5.74, 6) is -1.22. The van der Waals surface area contributed by atoms with E-state index in [1.54, 1.807) is 11.3 Å². The van der Waals surface area contributed by atoms with Crippen LogP contribution in [-0.4, -0.2) is 18.5 Å². The Hall–Kier alpha value is -2.21. The Labute approximate surface area is 131 Å². The van der Waals surface area contributed by atoms with E-state index in [0.29, 0.717) is 12.1 Å². The number of carbonyl (C=O) groups excluding carboxylic acids is 2. The third-order valence-electron chi connectivity index (χ3n) is 2.88. The van der Waals surface area contributed by atoms with Crippen molar-refractivity contribution < 1.29 is 18.7 Å². The summed E-state index contributed by atoms with van der Waals surface area (Å²) < 4.78 is 17.6. The molecule has 0 radical (unpaired) electrons. The summed E-state index contributed by atoms with van der Waals surface area (Å²) in [5, 5.41) is 4.52. The highest BCUT2D eigenvalue weighted by Crippen LogP contribution is 2.12. The molecule has 0 saturated heterocycles. The maximum atomic E-state index is 12.7. The van der Waals surface area contributed by atoms with E-state index in [1.807, 2.05) is 17.5 Å². The fourth-order valence-corrected chi connectivity index (χ4v) is 2.56. The zero-order valence-corrected chi connectivity index (χ0v) is 12.7. The number of hydrogen-bond donors (Lipinski definition) is 1. The Morgan fingerprint density at radius 2 is 1.95 bits per heavy atom. The van der Waals surface area contributed by atoms with Crippen molar-refractivity contribution in [2.24, 2.45) is 0 Å². The predicted molar refractivity (Wildman–Crippen MR) is 83.2 cm³/mol. The van der Waals surface area contributed by atoms with Gasteiger partial charge in [0.25, 0.3) is 5.91 Å². The van der Waals surface area contributed by atoms with Gasteiger partial charge in [0.2, 0.25) is 0 Å². The molecule has 116 valence electrons. The molecule has 0 bridgehead atoms. The first-order valence-electron chi connectivity index (χ1n) is 6.87. The second-order valence-corrected chi connectivity index (χ2v) is 5.68. The number of hydrogen-bond acceptors (Lipinski definition) is 4. The summed E-state index contributed by atoms with van der Waals surface area (Å²) in [5.41, 5.74) is 0.458. The summed E-state index contributed by atoms with van der Waals surface area (Å²) in [6.07, 6.45) is 1.80. The molecule has 0 unspecified atom stereocenters. The van der Waals surface area contributed by atoms with Crippen molar-refractivity contribution in [1.29, 1.82) is 0 Å². The van der Waals surface area contributed by atoms with Gasteiger partial charge in [0.05, 0.1) is 0 Å². The van der Waals surface area contributed by atoms with Crippen LogP contribution in [0.2, 0.25) is 0 Å². The van der Waals surface area contributed by atoms with E-state index in [2.05, 4.69) is 5.32 Å². The molecule has 1 aromatic carbocycles. The van der Waals surface area contributed by atoms with E-state index in [0.717, 1.165) is 6.42 Å². The molecule has 4 nitrogen and oxygen atoms in total. The average Bonchev–Trinajstić information content (AvgIpc) is 3.01. The van der Waals surface area contributed by atoms with E-state index in [-0.39, 0.29) is 18.8 Å². The van der Waals surface area contributed by atoms with Gasteiger partial charge < -0.3 is 10.1 Å². The lowest BCUT2D eigenvalue weighted by Crippen LogP contribution is -2.20. The van der Waals surface area contributed by atoms with Gasteiger partial charge in [-0.3, -0.25) is 9.59 Å². The molecule has 0 fully saturated rings. The monoisotopic (exact) mass is 321 g/mol. The third kappa shape index (κ3) is 5.65. The first-order chi connectivity index (χ1) is 10.6. The minimum atomic E-state index is -0.446. The van der Waals surface area contributed by atoms with Crippen molar-refractivity contribution in [3.05, 3.63) is 52.5 Å². The topological polar surface area (TPSA) is 55.4 Å². The molecule has 2 aromatic rings. The van der Waals surface area contributed by atoms with Crippen LogP contribution in [0, 0.1) is 5.82 Å².